The average molecular weight is 402 g/mol. The van der Waals surface area contributed by atoms with E-state index in [-0.39, 0.29) is 11.7 Å². The Morgan fingerprint density at radius 1 is 1.04 bits per heavy atom. The van der Waals surface area contributed by atoms with Gasteiger partial charge >= 0.3 is 0 Å². The van der Waals surface area contributed by atoms with Crippen LogP contribution in [-0.2, 0) is 15.8 Å². The van der Waals surface area contributed by atoms with Crippen molar-refractivity contribution in [2.75, 3.05) is 36.8 Å². The Balaban J connectivity index is 1.85. The van der Waals surface area contributed by atoms with Gasteiger partial charge in [-0.05, 0) is 43.0 Å². The van der Waals surface area contributed by atoms with Gasteiger partial charge < -0.3 is 9.80 Å². The van der Waals surface area contributed by atoms with Crippen LogP contribution in [0.3, 0.4) is 0 Å². The van der Waals surface area contributed by atoms with Crippen molar-refractivity contribution < 1.29 is 13.2 Å². The molecule has 0 radical (unpaired) electrons. The first-order valence-electron chi connectivity index (χ1n) is 9.51. The summed E-state index contributed by atoms with van der Waals surface area (Å²) in [7, 11) is 0.176. The number of benzene rings is 2. The predicted octanol–water partition coefficient (Wildman–Crippen LogP) is 3.32. The molecule has 0 spiro atoms. The van der Waals surface area contributed by atoms with Gasteiger partial charge in [-0.15, -0.1) is 0 Å². The molecule has 0 aliphatic carbocycles. The lowest BCUT2D eigenvalue weighted by Gasteiger charge is -2.28. The summed E-state index contributed by atoms with van der Waals surface area (Å²) in [6.07, 6.45) is 3.16. The van der Waals surface area contributed by atoms with Crippen LogP contribution in [0.15, 0.2) is 48.5 Å². The molecule has 28 heavy (non-hydrogen) atoms. The monoisotopic (exact) mass is 401 g/mol. The van der Waals surface area contributed by atoms with E-state index in [0.29, 0.717) is 16.8 Å². The zero-order valence-electron chi connectivity index (χ0n) is 16.4. The number of carbonyl (C=O) groups excluding carboxylic acids is 1. The molecule has 0 aromatic heterocycles. The Morgan fingerprint density at radius 3 is 2.36 bits per heavy atom. The van der Waals surface area contributed by atoms with E-state index in [4.69, 9.17) is 0 Å². The number of likely N-dealkylation sites (tertiary alicyclic amines) is 1. The van der Waals surface area contributed by atoms with E-state index in [1.165, 1.54) is 0 Å². The second-order valence-corrected chi connectivity index (χ2v) is 9.05. The SMILES string of the molecule is CN(C)c1ccc(NS(=O)(=O)Cc2ccccc2)cc1C(=O)N1CCCCC1. The van der Waals surface area contributed by atoms with E-state index in [1.807, 2.05) is 42.1 Å². The van der Waals surface area contributed by atoms with Crippen LogP contribution in [0.4, 0.5) is 11.4 Å². The first kappa shape index (κ1) is 20.2. The molecule has 0 unspecified atom stereocenters. The number of piperidine rings is 1. The zero-order valence-corrected chi connectivity index (χ0v) is 17.2. The number of amides is 1. The van der Waals surface area contributed by atoms with Crippen LogP contribution in [0, 0.1) is 0 Å². The van der Waals surface area contributed by atoms with Crippen molar-refractivity contribution in [3.63, 3.8) is 0 Å². The molecule has 1 N–H and O–H groups in total. The molecular formula is C21H27N3O3S. The molecule has 0 saturated carbocycles. The molecule has 1 heterocycles. The summed E-state index contributed by atoms with van der Waals surface area (Å²) in [4.78, 5) is 16.8. The van der Waals surface area contributed by atoms with Gasteiger partial charge in [-0.3, -0.25) is 9.52 Å². The maximum absolute atomic E-state index is 13.1. The van der Waals surface area contributed by atoms with Crippen LogP contribution >= 0.6 is 0 Å². The molecule has 1 aliphatic rings. The van der Waals surface area contributed by atoms with Crippen LogP contribution in [0.25, 0.3) is 0 Å². The van der Waals surface area contributed by atoms with Gasteiger partial charge in [-0.25, -0.2) is 8.42 Å². The Bertz CT molecular complexity index is 921. The van der Waals surface area contributed by atoms with Crippen molar-refractivity contribution in [1.82, 2.24) is 4.90 Å². The van der Waals surface area contributed by atoms with Crippen LogP contribution < -0.4 is 9.62 Å². The van der Waals surface area contributed by atoms with Gasteiger partial charge in [0.2, 0.25) is 10.0 Å². The number of hydrogen-bond acceptors (Lipinski definition) is 4. The lowest BCUT2D eigenvalue weighted by atomic mass is 10.1. The van der Waals surface area contributed by atoms with Gasteiger partial charge in [0.1, 0.15) is 0 Å². The summed E-state index contributed by atoms with van der Waals surface area (Å²) >= 11 is 0. The van der Waals surface area contributed by atoms with Gasteiger partial charge in [0, 0.05) is 38.6 Å². The fourth-order valence-corrected chi connectivity index (χ4v) is 4.63. The molecule has 1 aliphatic heterocycles. The standard InChI is InChI=1S/C21H27N3O3S/c1-23(2)20-12-11-18(15-19(20)21(25)24-13-7-4-8-14-24)22-28(26,27)16-17-9-5-3-6-10-17/h3,5-6,9-12,15,22H,4,7-8,13-14,16H2,1-2H3. The average Bonchev–Trinajstić information content (AvgIpc) is 2.68. The summed E-state index contributed by atoms with van der Waals surface area (Å²) in [6.45, 7) is 1.49. The van der Waals surface area contributed by atoms with E-state index in [9.17, 15) is 13.2 Å². The minimum absolute atomic E-state index is 0.0486. The first-order valence-corrected chi connectivity index (χ1v) is 11.2. The van der Waals surface area contributed by atoms with Crippen LogP contribution in [-0.4, -0.2) is 46.4 Å². The Hall–Kier alpha value is -2.54. The molecule has 1 saturated heterocycles. The molecular weight excluding hydrogens is 374 g/mol. The second-order valence-electron chi connectivity index (χ2n) is 7.33. The van der Waals surface area contributed by atoms with Gasteiger partial charge in [0.05, 0.1) is 11.3 Å². The Labute approximate surface area is 167 Å². The number of anilines is 2. The van der Waals surface area contributed by atoms with Crippen LogP contribution in [0.2, 0.25) is 0 Å². The summed E-state index contributed by atoms with van der Waals surface area (Å²) in [5.41, 5.74) is 2.42. The number of sulfonamides is 1. The highest BCUT2D eigenvalue weighted by Crippen LogP contribution is 2.26. The largest absolute Gasteiger partial charge is 0.377 e. The fraction of sp³-hybridized carbons (Fsp3) is 0.381. The van der Waals surface area contributed by atoms with Crippen molar-refractivity contribution in [2.24, 2.45) is 0 Å². The van der Waals surface area contributed by atoms with Gasteiger partial charge in [0.15, 0.2) is 0 Å². The highest BCUT2D eigenvalue weighted by atomic mass is 32.2. The second kappa shape index (κ2) is 8.65. The van der Waals surface area contributed by atoms with Crippen molar-refractivity contribution in [1.29, 1.82) is 0 Å². The van der Waals surface area contributed by atoms with Crippen molar-refractivity contribution in [2.45, 2.75) is 25.0 Å². The Morgan fingerprint density at radius 2 is 1.71 bits per heavy atom. The third-order valence-corrected chi connectivity index (χ3v) is 6.08. The van der Waals surface area contributed by atoms with E-state index in [0.717, 1.165) is 38.0 Å². The van der Waals surface area contributed by atoms with E-state index in [2.05, 4.69) is 4.72 Å². The highest BCUT2D eigenvalue weighted by molar-refractivity contribution is 7.91. The molecule has 0 bridgehead atoms. The molecule has 1 fully saturated rings. The maximum atomic E-state index is 13.1. The number of rotatable bonds is 6. The molecule has 2 aromatic rings. The zero-order chi connectivity index (χ0) is 20.1. The third kappa shape index (κ3) is 5.04. The number of hydrogen-bond donors (Lipinski definition) is 1. The van der Waals surface area contributed by atoms with Gasteiger partial charge in [-0.2, -0.15) is 0 Å². The third-order valence-electron chi connectivity index (χ3n) is 4.82. The number of nitrogens with zero attached hydrogens (tertiary/aromatic N) is 2. The fourth-order valence-electron chi connectivity index (χ4n) is 3.44. The van der Waals surface area contributed by atoms with E-state index < -0.39 is 10.0 Å². The molecule has 7 heteroatoms. The topological polar surface area (TPSA) is 69.7 Å². The summed E-state index contributed by atoms with van der Waals surface area (Å²) in [5.74, 6) is -0.161. The van der Waals surface area contributed by atoms with Crippen LogP contribution in [0.5, 0.6) is 0 Å². The van der Waals surface area contributed by atoms with Crippen molar-refractivity contribution >= 4 is 27.3 Å². The molecule has 3 rings (SSSR count). The summed E-state index contributed by atoms with van der Waals surface area (Å²) in [5, 5.41) is 0. The predicted molar refractivity (Wildman–Crippen MR) is 113 cm³/mol. The van der Waals surface area contributed by atoms with Gasteiger partial charge in [-0.1, -0.05) is 30.3 Å². The minimum atomic E-state index is -3.58. The number of nitrogens with one attached hydrogen (secondary N) is 1. The summed E-state index contributed by atoms with van der Waals surface area (Å²) in [6, 6.07) is 14.2. The quantitative estimate of drug-likeness (QED) is 0.806. The van der Waals surface area contributed by atoms with Crippen molar-refractivity contribution in [3.05, 3.63) is 59.7 Å². The van der Waals surface area contributed by atoms with Crippen molar-refractivity contribution in [3.8, 4) is 0 Å². The number of carbonyl (C=O) groups is 1. The van der Waals surface area contributed by atoms with Gasteiger partial charge in [0.25, 0.3) is 5.91 Å². The summed E-state index contributed by atoms with van der Waals surface area (Å²) < 4.78 is 27.7. The van der Waals surface area contributed by atoms with Crippen LogP contribution in [0.1, 0.15) is 35.2 Å². The van der Waals surface area contributed by atoms with E-state index in [1.54, 1.807) is 30.3 Å². The van der Waals surface area contributed by atoms with E-state index >= 15 is 0 Å². The normalized spacial score (nSPS) is 14.6. The lowest BCUT2D eigenvalue weighted by Crippen LogP contribution is -2.36. The molecule has 6 nitrogen and oxygen atoms in total. The molecule has 0 atom stereocenters. The molecule has 2 aromatic carbocycles. The lowest BCUT2D eigenvalue weighted by molar-refractivity contribution is 0.0725. The first-order chi connectivity index (χ1) is 13.4. The Kier molecular flexibility index (Phi) is 6.24. The maximum Gasteiger partial charge on any atom is 0.256 e. The molecule has 1 amide bonds. The smallest absolute Gasteiger partial charge is 0.256 e. The minimum Gasteiger partial charge on any atom is -0.377 e. The molecule has 150 valence electrons. The highest BCUT2D eigenvalue weighted by Gasteiger charge is 2.23.